The summed E-state index contributed by atoms with van der Waals surface area (Å²) < 4.78 is 0. The van der Waals surface area contributed by atoms with Crippen LogP contribution in [0.1, 0.15) is 12.0 Å². The lowest BCUT2D eigenvalue weighted by molar-refractivity contribution is 0.212. The Morgan fingerprint density at radius 1 is 1.27 bits per heavy atom. The molecule has 1 rings (SSSR count). The van der Waals surface area contributed by atoms with Gasteiger partial charge in [-0.25, -0.2) is 0 Å². The minimum atomic E-state index is 0.894. The highest BCUT2D eigenvalue weighted by molar-refractivity contribution is 6.00. The maximum absolute atomic E-state index is 4.86. The van der Waals surface area contributed by atoms with Crippen LogP contribution < -0.4 is 0 Å². The Hall–Kier alpha value is -1.35. The number of hydrogen-bond donors (Lipinski definition) is 0. The summed E-state index contributed by atoms with van der Waals surface area (Å²) in [5, 5.41) is 4.06. The van der Waals surface area contributed by atoms with Crippen molar-refractivity contribution in [3.63, 3.8) is 0 Å². The van der Waals surface area contributed by atoms with Crippen molar-refractivity contribution in [3.8, 4) is 0 Å². The van der Waals surface area contributed by atoms with Crippen LogP contribution in [0.3, 0.4) is 0 Å². The summed E-state index contributed by atoms with van der Waals surface area (Å²) in [4.78, 5) is 6.99. The minimum Gasteiger partial charge on any atom is -0.399 e. The molecule has 0 saturated carbocycles. The van der Waals surface area contributed by atoms with Crippen molar-refractivity contribution in [1.29, 1.82) is 0 Å². The summed E-state index contributed by atoms with van der Waals surface area (Å²) in [5.41, 5.74) is 2.12. The molecule has 0 heterocycles. The van der Waals surface area contributed by atoms with Crippen LogP contribution in [0, 0.1) is 0 Å². The lowest BCUT2D eigenvalue weighted by Gasteiger charge is -2.10. The molecule has 3 heteroatoms. The molecule has 0 aliphatic rings. The molecular weight excluding hydrogens is 188 g/mol. The average Bonchev–Trinajstić information content (AvgIpc) is 2.25. The van der Waals surface area contributed by atoms with E-state index in [4.69, 9.17) is 4.84 Å². The fourth-order valence-electron chi connectivity index (χ4n) is 1.31. The second kappa shape index (κ2) is 6.19. The van der Waals surface area contributed by atoms with Crippen molar-refractivity contribution in [2.24, 2.45) is 5.16 Å². The third-order valence-electron chi connectivity index (χ3n) is 2.10. The first-order valence-electron chi connectivity index (χ1n) is 5.04. The van der Waals surface area contributed by atoms with Crippen molar-refractivity contribution >= 4 is 5.71 Å². The first kappa shape index (κ1) is 11.7. The van der Waals surface area contributed by atoms with Gasteiger partial charge < -0.3 is 9.74 Å². The van der Waals surface area contributed by atoms with Gasteiger partial charge in [-0.15, -0.1) is 0 Å². The molecule has 0 bridgehead atoms. The molecule has 0 spiro atoms. The standard InChI is InChI=1S/C12H18N2O/c1-14(2)10-9-12(13-15-3)11-7-5-4-6-8-11/h4-8H,9-10H2,1-3H3/b13-12-. The molecule has 0 saturated heterocycles. The van der Waals surface area contributed by atoms with Crippen LogP contribution in [0.25, 0.3) is 0 Å². The molecule has 0 radical (unpaired) electrons. The van der Waals surface area contributed by atoms with Crippen molar-refractivity contribution in [2.45, 2.75) is 6.42 Å². The van der Waals surface area contributed by atoms with Gasteiger partial charge in [0.05, 0.1) is 5.71 Å². The quantitative estimate of drug-likeness (QED) is 0.543. The van der Waals surface area contributed by atoms with E-state index in [1.807, 2.05) is 30.3 Å². The van der Waals surface area contributed by atoms with Gasteiger partial charge in [0.2, 0.25) is 0 Å². The van der Waals surface area contributed by atoms with Crippen molar-refractivity contribution in [2.75, 3.05) is 27.7 Å². The summed E-state index contributed by atoms with van der Waals surface area (Å²) in [5.74, 6) is 0. The molecule has 0 aromatic heterocycles. The average molecular weight is 206 g/mol. The summed E-state index contributed by atoms with van der Waals surface area (Å²) in [6.45, 7) is 0.969. The molecule has 15 heavy (non-hydrogen) atoms. The van der Waals surface area contributed by atoms with E-state index in [2.05, 4.69) is 24.2 Å². The first-order chi connectivity index (χ1) is 7.24. The third-order valence-corrected chi connectivity index (χ3v) is 2.10. The number of hydrogen-bond acceptors (Lipinski definition) is 3. The molecule has 82 valence electrons. The van der Waals surface area contributed by atoms with Crippen LogP contribution in [-0.4, -0.2) is 38.4 Å². The number of benzene rings is 1. The molecule has 0 fully saturated rings. The number of nitrogens with zero attached hydrogens (tertiary/aromatic N) is 2. The highest BCUT2D eigenvalue weighted by Gasteiger charge is 2.04. The normalized spacial score (nSPS) is 11.9. The topological polar surface area (TPSA) is 24.8 Å². The summed E-state index contributed by atoms with van der Waals surface area (Å²) >= 11 is 0. The molecular formula is C12H18N2O. The maximum atomic E-state index is 4.86. The Bertz CT molecular complexity index is 307. The van der Waals surface area contributed by atoms with E-state index in [1.165, 1.54) is 0 Å². The van der Waals surface area contributed by atoms with Gasteiger partial charge in [0.25, 0.3) is 0 Å². The zero-order chi connectivity index (χ0) is 11.1. The lowest BCUT2D eigenvalue weighted by atomic mass is 10.1. The Morgan fingerprint density at radius 2 is 1.93 bits per heavy atom. The second-order valence-electron chi connectivity index (χ2n) is 3.64. The summed E-state index contributed by atoms with van der Waals surface area (Å²) in [7, 11) is 5.68. The van der Waals surface area contributed by atoms with Gasteiger partial charge in [-0.2, -0.15) is 0 Å². The van der Waals surface area contributed by atoms with Crippen molar-refractivity contribution in [3.05, 3.63) is 35.9 Å². The van der Waals surface area contributed by atoms with Gasteiger partial charge in [0.15, 0.2) is 0 Å². The largest absolute Gasteiger partial charge is 0.399 e. The second-order valence-corrected chi connectivity index (χ2v) is 3.64. The van der Waals surface area contributed by atoms with Crippen LogP contribution in [0.15, 0.2) is 35.5 Å². The molecule has 0 atom stereocenters. The van der Waals surface area contributed by atoms with E-state index in [0.717, 1.165) is 24.2 Å². The molecule has 0 unspecified atom stereocenters. The molecule has 1 aromatic rings. The van der Waals surface area contributed by atoms with E-state index in [1.54, 1.807) is 7.11 Å². The zero-order valence-corrected chi connectivity index (χ0v) is 9.60. The van der Waals surface area contributed by atoms with Gasteiger partial charge in [0, 0.05) is 13.0 Å². The Balaban J connectivity index is 2.71. The van der Waals surface area contributed by atoms with Gasteiger partial charge in [-0.1, -0.05) is 35.5 Å². The zero-order valence-electron chi connectivity index (χ0n) is 9.60. The highest BCUT2D eigenvalue weighted by Crippen LogP contribution is 2.05. The summed E-state index contributed by atoms with van der Waals surface area (Å²) in [6.07, 6.45) is 0.894. The van der Waals surface area contributed by atoms with Crippen molar-refractivity contribution < 1.29 is 4.84 Å². The first-order valence-corrected chi connectivity index (χ1v) is 5.04. The van der Waals surface area contributed by atoms with Crippen LogP contribution in [0.5, 0.6) is 0 Å². The predicted molar refractivity (Wildman–Crippen MR) is 63.2 cm³/mol. The van der Waals surface area contributed by atoms with E-state index in [-0.39, 0.29) is 0 Å². The Labute approximate surface area is 91.3 Å². The SMILES string of the molecule is CO/N=C(/CCN(C)C)c1ccccc1. The lowest BCUT2D eigenvalue weighted by Crippen LogP contribution is -2.17. The van der Waals surface area contributed by atoms with E-state index in [0.29, 0.717) is 0 Å². The summed E-state index contributed by atoms with van der Waals surface area (Å²) in [6, 6.07) is 10.1. The van der Waals surface area contributed by atoms with Crippen LogP contribution in [0.2, 0.25) is 0 Å². The molecule has 1 aromatic carbocycles. The van der Waals surface area contributed by atoms with Gasteiger partial charge >= 0.3 is 0 Å². The molecule has 0 aliphatic heterocycles. The van der Waals surface area contributed by atoms with Gasteiger partial charge in [0.1, 0.15) is 7.11 Å². The number of oxime groups is 1. The predicted octanol–water partition coefficient (Wildman–Crippen LogP) is 1.99. The molecule has 0 N–H and O–H groups in total. The Morgan fingerprint density at radius 3 is 2.47 bits per heavy atom. The molecule has 0 aliphatic carbocycles. The van der Waals surface area contributed by atoms with E-state index >= 15 is 0 Å². The monoisotopic (exact) mass is 206 g/mol. The third kappa shape index (κ3) is 4.13. The van der Waals surface area contributed by atoms with Crippen LogP contribution in [0.4, 0.5) is 0 Å². The fourth-order valence-corrected chi connectivity index (χ4v) is 1.31. The van der Waals surface area contributed by atoms with Crippen molar-refractivity contribution in [1.82, 2.24) is 4.90 Å². The van der Waals surface area contributed by atoms with Gasteiger partial charge in [-0.05, 0) is 19.7 Å². The van der Waals surface area contributed by atoms with E-state index < -0.39 is 0 Å². The highest BCUT2D eigenvalue weighted by atomic mass is 16.6. The minimum absolute atomic E-state index is 0.894. The maximum Gasteiger partial charge on any atom is 0.106 e. The Kier molecular flexibility index (Phi) is 4.84. The number of rotatable bonds is 5. The van der Waals surface area contributed by atoms with E-state index in [9.17, 15) is 0 Å². The van der Waals surface area contributed by atoms with Crippen LogP contribution in [-0.2, 0) is 4.84 Å². The smallest absolute Gasteiger partial charge is 0.106 e. The molecule has 3 nitrogen and oxygen atoms in total. The molecule has 0 amide bonds. The fraction of sp³-hybridized carbons (Fsp3) is 0.417. The van der Waals surface area contributed by atoms with Crippen LogP contribution >= 0.6 is 0 Å². The van der Waals surface area contributed by atoms with Gasteiger partial charge in [-0.3, -0.25) is 0 Å².